The molecule has 1 N–H and O–H groups in total. The molecule has 1 amide bonds. The van der Waals surface area contributed by atoms with Gasteiger partial charge >= 0.3 is 0 Å². The van der Waals surface area contributed by atoms with Crippen LogP contribution in [0.15, 0.2) is 24.3 Å². The Bertz CT molecular complexity index is 425. The van der Waals surface area contributed by atoms with Crippen LogP contribution < -0.4 is 10.1 Å². The van der Waals surface area contributed by atoms with Gasteiger partial charge in [-0.2, -0.15) is 0 Å². The monoisotopic (exact) mass is 290 g/mol. The average molecular weight is 290 g/mol. The molecule has 1 heterocycles. The zero-order valence-corrected chi connectivity index (χ0v) is 12.9. The minimum absolute atomic E-state index is 0.00645. The standard InChI is InChI=1S/C17H26N2O2/c1-15(20)18-14-16-6-8-17(9-7-16)21-13-5-12-19-10-3-2-4-11-19/h6-9H,2-5,10-14H2,1H3,(H,18,20). The van der Waals surface area contributed by atoms with Gasteiger partial charge in [0, 0.05) is 20.0 Å². The quantitative estimate of drug-likeness (QED) is 0.785. The van der Waals surface area contributed by atoms with Gasteiger partial charge < -0.3 is 15.0 Å². The number of carbonyl (C=O) groups excluding carboxylic acids is 1. The van der Waals surface area contributed by atoms with Gasteiger partial charge in [0.15, 0.2) is 0 Å². The number of likely N-dealkylation sites (tertiary alicyclic amines) is 1. The molecule has 4 nitrogen and oxygen atoms in total. The molecule has 21 heavy (non-hydrogen) atoms. The van der Waals surface area contributed by atoms with Crippen molar-refractivity contribution in [1.29, 1.82) is 0 Å². The van der Waals surface area contributed by atoms with E-state index in [1.807, 2.05) is 24.3 Å². The van der Waals surface area contributed by atoms with Gasteiger partial charge in [-0.1, -0.05) is 18.6 Å². The second-order valence-corrected chi connectivity index (χ2v) is 5.66. The zero-order valence-electron chi connectivity index (χ0n) is 12.9. The lowest BCUT2D eigenvalue weighted by molar-refractivity contribution is -0.119. The molecular weight excluding hydrogens is 264 g/mol. The highest BCUT2D eigenvalue weighted by atomic mass is 16.5. The molecule has 2 rings (SSSR count). The largest absolute Gasteiger partial charge is 0.494 e. The molecule has 0 bridgehead atoms. The van der Waals surface area contributed by atoms with Crippen molar-refractivity contribution in [3.63, 3.8) is 0 Å². The minimum atomic E-state index is -0.00645. The summed E-state index contributed by atoms with van der Waals surface area (Å²) in [6.45, 7) is 6.50. The van der Waals surface area contributed by atoms with E-state index in [9.17, 15) is 4.79 Å². The van der Waals surface area contributed by atoms with Gasteiger partial charge in [0.2, 0.25) is 5.91 Å². The number of ether oxygens (including phenoxy) is 1. The van der Waals surface area contributed by atoms with E-state index in [1.165, 1.54) is 39.3 Å². The molecular formula is C17H26N2O2. The molecule has 0 radical (unpaired) electrons. The third-order valence-electron chi connectivity index (χ3n) is 3.80. The van der Waals surface area contributed by atoms with Crippen molar-refractivity contribution >= 4 is 5.91 Å². The lowest BCUT2D eigenvalue weighted by Gasteiger charge is -2.26. The number of amides is 1. The summed E-state index contributed by atoms with van der Waals surface area (Å²) in [5, 5.41) is 2.78. The predicted molar refractivity (Wildman–Crippen MR) is 84.4 cm³/mol. The van der Waals surface area contributed by atoms with E-state index in [4.69, 9.17) is 4.74 Å². The van der Waals surface area contributed by atoms with Gasteiger partial charge in [0.1, 0.15) is 5.75 Å². The average Bonchev–Trinajstić information content (AvgIpc) is 2.52. The van der Waals surface area contributed by atoms with Gasteiger partial charge in [-0.15, -0.1) is 0 Å². The topological polar surface area (TPSA) is 41.6 Å². The number of benzene rings is 1. The number of rotatable bonds is 7. The Morgan fingerprint density at radius 2 is 1.90 bits per heavy atom. The normalized spacial score (nSPS) is 15.7. The number of nitrogens with one attached hydrogen (secondary N) is 1. The van der Waals surface area contributed by atoms with E-state index < -0.39 is 0 Å². The van der Waals surface area contributed by atoms with Crippen LogP contribution >= 0.6 is 0 Å². The summed E-state index contributed by atoms with van der Waals surface area (Å²) in [5.74, 6) is 0.897. The predicted octanol–water partition coefficient (Wildman–Crippen LogP) is 2.58. The van der Waals surface area contributed by atoms with Gasteiger partial charge in [0.05, 0.1) is 6.61 Å². The van der Waals surface area contributed by atoms with Crippen molar-refractivity contribution in [2.75, 3.05) is 26.2 Å². The van der Waals surface area contributed by atoms with Crippen LogP contribution in [0.2, 0.25) is 0 Å². The van der Waals surface area contributed by atoms with Gasteiger partial charge in [0.25, 0.3) is 0 Å². The second kappa shape index (κ2) is 8.67. The van der Waals surface area contributed by atoms with Crippen LogP contribution in [0.25, 0.3) is 0 Å². The Kier molecular flexibility index (Phi) is 6.54. The van der Waals surface area contributed by atoms with Crippen molar-refractivity contribution in [3.05, 3.63) is 29.8 Å². The van der Waals surface area contributed by atoms with E-state index in [0.717, 1.165) is 30.9 Å². The highest BCUT2D eigenvalue weighted by Gasteiger charge is 2.08. The summed E-state index contributed by atoms with van der Waals surface area (Å²) in [5.41, 5.74) is 1.09. The first-order valence-corrected chi connectivity index (χ1v) is 7.92. The van der Waals surface area contributed by atoms with Crippen LogP contribution in [0.5, 0.6) is 5.75 Å². The molecule has 0 unspecified atom stereocenters. The molecule has 1 aliphatic rings. The Hall–Kier alpha value is -1.55. The maximum atomic E-state index is 10.8. The summed E-state index contributed by atoms with van der Waals surface area (Å²) >= 11 is 0. The summed E-state index contributed by atoms with van der Waals surface area (Å²) in [7, 11) is 0. The number of carbonyl (C=O) groups is 1. The fraction of sp³-hybridized carbons (Fsp3) is 0.588. The van der Waals surface area contributed by atoms with Crippen molar-refractivity contribution in [3.8, 4) is 5.75 Å². The molecule has 0 aliphatic carbocycles. The van der Waals surface area contributed by atoms with Gasteiger partial charge in [-0.05, 0) is 50.0 Å². The highest BCUT2D eigenvalue weighted by Crippen LogP contribution is 2.13. The third-order valence-corrected chi connectivity index (χ3v) is 3.80. The SMILES string of the molecule is CC(=O)NCc1ccc(OCCCN2CCCCC2)cc1. The summed E-state index contributed by atoms with van der Waals surface area (Å²) in [6, 6.07) is 7.93. The van der Waals surface area contributed by atoms with Crippen LogP contribution in [0, 0.1) is 0 Å². The van der Waals surface area contributed by atoms with Crippen LogP contribution in [-0.4, -0.2) is 37.0 Å². The molecule has 0 aromatic heterocycles. The molecule has 0 saturated carbocycles. The summed E-state index contributed by atoms with van der Waals surface area (Å²) in [6.07, 6.45) is 5.15. The van der Waals surface area contributed by atoms with Crippen molar-refractivity contribution < 1.29 is 9.53 Å². The van der Waals surface area contributed by atoms with Crippen LogP contribution in [0.1, 0.15) is 38.2 Å². The molecule has 1 aliphatic heterocycles. The number of hydrogen-bond donors (Lipinski definition) is 1. The lowest BCUT2D eigenvalue weighted by Crippen LogP contribution is -2.31. The second-order valence-electron chi connectivity index (χ2n) is 5.66. The molecule has 1 aromatic rings. The molecule has 4 heteroatoms. The summed E-state index contributed by atoms with van der Waals surface area (Å²) < 4.78 is 5.76. The maximum Gasteiger partial charge on any atom is 0.217 e. The maximum absolute atomic E-state index is 10.8. The van der Waals surface area contributed by atoms with E-state index in [1.54, 1.807) is 0 Å². The lowest BCUT2D eigenvalue weighted by atomic mass is 10.1. The molecule has 1 aromatic carbocycles. The molecule has 1 saturated heterocycles. The zero-order chi connectivity index (χ0) is 14.9. The number of piperidine rings is 1. The third kappa shape index (κ3) is 6.17. The minimum Gasteiger partial charge on any atom is -0.494 e. The van der Waals surface area contributed by atoms with Crippen molar-refractivity contribution in [2.24, 2.45) is 0 Å². The first kappa shape index (κ1) is 15.8. The fourth-order valence-corrected chi connectivity index (χ4v) is 2.59. The summed E-state index contributed by atoms with van der Waals surface area (Å²) in [4.78, 5) is 13.4. The number of nitrogens with zero attached hydrogens (tertiary/aromatic N) is 1. The van der Waals surface area contributed by atoms with Gasteiger partial charge in [-0.25, -0.2) is 0 Å². The van der Waals surface area contributed by atoms with E-state index >= 15 is 0 Å². The Morgan fingerprint density at radius 3 is 2.57 bits per heavy atom. The van der Waals surface area contributed by atoms with Crippen LogP contribution in [0.3, 0.4) is 0 Å². The number of hydrogen-bond acceptors (Lipinski definition) is 3. The first-order valence-electron chi connectivity index (χ1n) is 7.92. The van der Waals surface area contributed by atoms with Crippen LogP contribution in [-0.2, 0) is 11.3 Å². The van der Waals surface area contributed by atoms with E-state index in [0.29, 0.717) is 6.54 Å². The van der Waals surface area contributed by atoms with E-state index in [-0.39, 0.29) is 5.91 Å². The van der Waals surface area contributed by atoms with Crippen molar-refractivity contribution in [1.82, 2.24) is 10.2 Å². The van der Waals surface area contributed by atoms with Crippen molar-refractivity contribution in [2.45, 2.75) is 39.2 Å². The Labute approximate surface area is 127 Å². The Balaban J connectivity index is 1.62. The fourth-order valence-electron chi connectivity index (χ4n) is 2.59. The Morgan fingerprint density at radius 1 is 1.19 bits per heavy atom. The van der Waals surface area contributed by atoms with Crippen LogP contribution in [0.4, 0.5) is 0 Å². The molecule has 0 spiro atoms. The van der Waals surface area contributed by atoms with E-state index in [2.05, 4.69) is 10.2 Å². The molecule has 0 atom stereocenters. The first-order chi connectivity index (χ1) is 10.2. The molecule has 116 valence electrons. The van der Waals surface area contributed by atoms with Gasteiger partial charge in [-0.3, -0.25) is 4.79 Å². The highest BCUT2D eigenvalue weighted by molar-refractivity contribution is 5.72. The smallest absolute Gasteiger partial charge is 0.217 e. The molecule has 1 fully saturated rings.